The molecule has 0 bridgehead atoms. The lowest BCUT2D eigenvalue weighted by Gasteiger charge is -2.18. The summed E-state index contributed by atoms with van der Waals surface area (Å²) in [7, 11) is 0. The highest BCUT2D eigenvalue weighted by atomic mass is 35.5. The van der Waals surface area contributed by atoms with Crippen molar-refractivity contribution in [2.45, 2.75) is 4.33 Å². The monoisotopic (exact) mass is 280 g/mol. The Kier molecular flexibility index (Phi) is 3.60. The molecule has 4 heteroatoms. The first kappa shape index (κ1) is 12.9. The van der Waals surface area contributed by atoms with E-state index in [0.717, 1.165) is 0 Å². The van der Waals surface area contributed by atoms with Gasteiger partial charge in [0.25, 0.3) is 0 Å². The molecule has 2 aromatic carbocycles. The molecular weight excluding hydrogens is 271 g/mol. The van der Waals surface area contributed by atoms with Crippen molar-refractivity contribution in [2.75, 3.05) is 0 Å². The predicted octanol–water partition coefficient (Wildman–Crippen LogP) is 3.91. The molecule has 0 heterocycles. The molecule has 0 aliphatic carbocycles. The van der Waals surface area contributed by atoms with E-state index in [1.165, 1.54) is 24.3 Å². The molecule has 0 amide bonds. The fourth-order valence-corrected chi connectivity index (χ4v) is 2.04. The molecule has 0 unspecified atom stereocenters. The number of benzene rings is 2. The van der Waals surface area contributed by atoms with Crippen molar-refractivity contribution < 1.29 is 9.90 Å². The standard InChI is InChI=1S/C14H10Cl2O2/c15-14(16,11-6-8-12(17)9-7-11)13(18)10-4-2-1-3-5-10/h1-9,17H. The van der Waals surface area contributed by atoms with Crippen molar-refractivity contribution in [3.63, 3.8) is 0 Å². The summed E-state index contributed by atoms with van der Waals surface area (Å²) in [5.74, 6) is -0.299. The van der Waals surface area contributed by atoms with Gasteiger partial charge < -0.3 is 5.11 Å². The number of aromatic hydroxyl groups is 1. The maximum absolute atomic E-state index is 12.2. The molecule has 0 radical (unpaired) electrons. The molecule has 0 atom stereocenters. The van der Waals surface area contributed by atoms with Gasteiger partial charge in [0.2, 0.25) is 10.1 Å². The average molecular weight is 281 g/mol. The Bertz CT molecular complexity index is 548. The van der Waals surface area contributed by atoms with Crippen molar-refractivity contribution in [3.05, 3.63) is 65.7 Å². The summed E-state index contributed by atoms with van der Waals surface area (Å²) in [5.41, 5.74) is 0.869. The lowest BCUT2D eigenvalue weighted by molar-refractivity contribution is 0.0972. The van der Waals surface area contributed by atoms with Crippen LogP contribution in [0.1, 0.15) is 15.9 Å². The van der Waals surface area contributed by atoms with Crippen LogP contribution < -0.4 is 0 Å². The quantitative estimate of drug-likeness (QED) is 0.684. The van der Waals surface area contributed by atoms with Crippen LogP contribution in [0.15, 0.2) is 54.6 Å². The summed E-state index contributed by atoms with van der Waals surface area (Å²) in [6.45, 7) is 0. The molecule has 2 rings (SSSR count). The van der Waals surface area contributed by atoms with E-state index in [0.29, 0.717) is 11.1 Å². The zero-order valence-electron chi connectivity index (χ0n) is 9.31. The topological polar surface area (TPSA) is 37.3 Å². The van der Waals surface area contributed by atoms with Crippen LogP contribution in [0.4, 0.5) is 0 Å². The summed E-state index contributed by atoms with van der Waals surface area (Å²) in [6.07, 6.45) is 0. The number of rotatable bonds is 3. The Morgan fingerprint density at radius 3 is 2.06 bits per heavy atom. The number of carbonyl (C=O) groups excluding carboxylic acids is 1. The van der Waals surface area contributed by atoms with Crippen LogP contribution in [0, 0.1) is 0 Å². The molecule has 2 nitrogen and oxygen atoms in total. The van der Waals surface area contributed by atoms with Crippen LogP contribution in [0.25, 0.3) is 0 Å². The summed E-state index contributed by atoms with van der Waals surface area (Å²) < 4.78 is -1.66. The molecule has 0 fully saturated rings. The van der Waals surface area contributed by atoms with Crippen molar-refractivity contribution in [3.8, 4) is 5.75 Å². The summed E-state index contributed by atoms with van der Waals surface area (Å²) in [4.78, 5) is 12.2. The highest BCUT2D eigenvalue weighted by molar-refractivity contribution is 6.59. The van der Waals surface area contributed by atoms with Gasteiger partial charge >= 0.3 is 0 Å². The van der Waals surface area contributed by atoms with Crippen molar-refractivity contribution >= 4 is 29.0 Å². The fraction of sp³-hybridized carbons (Fsp3) is 0.0714. The first-order valence-corrected chi connectivity index (χ1v) is 6.04. The molecule has 18 heavy (non-hydrogen) atoms. The van der Waals surface area contributed by atoms with Crippen LogP contribution in [0.3, 0.4) is 0 Å². The van der Waals surface area contributed by atoms with Crippen molar-refractivity contribution in [1.29, 1.82) is 0 Å². The minimum absolute atomic E-state index is 0.0926. The van der Waals surface area contributed by atoms with Gasteiger partial charge in [0.15, 0.2) is 0 Å². The van der Waals surface area contributed by atoms with Gasteiger partial charge in [-0.1, -0.05) is 65.7 Å². The predicted molar refractivity (Wildman–Crippen MR) is 72.3 cm³/mol. The number of carbonyl (C=O) groups is 1. The Morgan fingerprint density at radius 2 is 1.50 bits per heavy atom. The lowest BCUT2D eigenvalue weighted by Crippen LogP contribution is -2.23. The minimum Gasteiger partial charge on any atom is -0.508 e. The largest absolute Gasteiger partial charge is 0.508 e. The van der Waals surface area contributed by atoms with Crippen molar-refractivity contribution in [1.82, 2.24) is 0 Å². The third kappa shape index (κ3) is 2.50. The number of phenols is 1. The number of Topliss-reactive ketones (excluding diaryl/α,β-unsaturated/α-hetero) is 1. The number of hydrogen-bond acceptors (Lipinski definition) is 2. The first-order chi connectivity index (χ1) is 8.51. The Hall–Kier alpha value is -1.51. The molecule has 0 aliphatic rings. The molecule has 0 aromatic heterocycles. The molecule has 2 aromatic rings. The zero-order valence-corrected chi connectivity index (χ0v) is 10.8. The maximum Gasteiger partial charge on any atom is 0.205 e. The average Bonchev–Trinajstić information content (AvgIpc) is 2.39. The van der Waals surface area contributed by atoms with Crippen LogP contribution in [0.5, 0.6) is 5.75 Å². The second-order valence-corrected chi connectivity index (χ2v) is 5.14. The van der Waals surface area contributed by atoms with E-state index in [-0.39, 0.29) is 5.75 Å². The van der Waals surface area contributed by atoms with E-state index in [2.05, 4.69) is 0 Å². The second kappa shape index (κ2) is 5.01. The summed E-state index contributed by atoms with van der Waals surface area (Å²) >= 11 is 12.3. The van der Waals surface area contributed by atoms with E-state index in [4.69, 9.17) is 23.2 Å². The Balaban J connectivity index is 2.37. The molecule has 92 valence electrons. The maximum atomic E-state index is 12.2. The van der Waals surface area contributed by atoms with Gasteiger partial charge in [-0.25, -0.2) is 0 Å². The van der Waals surface area contributed by atoms with Gasteiger partial charge in [0.05, 0.1) is 0 Å². The molecular formula is C14H10Cl2O2. The number of alkyl halides is 2. The molecule has 1 N–H and O–H groups in total. The third-order valence-electron chi connectivity index (χ3n) is 2.55. The third-order valence-corrected chi connectivity index (χ3v) is 3.33. The van der Waals surface area contributed by atoms with Gasteiger partial charge in [0.1, 0.15) is 5.75 Å². The summed E-state index contributed by atoms with van der Waals surface area (Å²) in [5, 5.41) is 9.21. The SMILES string of the molecule is O=C(c1ccccc1)C(Cl)(Cl)c1ccc(O)cc1. The normalized spacial score (nSPS) is 11.2. The Morgan fingerprint density at radius 1 is 0.944 bits per heavy atom. The molecule has 0 saturated carbocycles. The smallest absolute Gasteiger partial charge is 0.205 e. The number of ketones is 1. The zero-order chi connectivity index (χ0) is 13.2. The van der Waals surface area contributed by atoms with E-state index in [1.54, 1.807) is 24.3 Å². The molecule has 0 saturated heterocycles. The van der Waals surface area contributed by atoms with E-state index in [9.17, 15) is 9.90 Å². The van der Waals surface area contributed by atoms with Crippen LogP contribution >= 0.6 is 23.2 Å². The fourth-order valence-electron chi connectivity index (χ4n) is 1.57. The number of halogens is 2. The van der Waals surface area contributed by atoms with Gasteiger partial charge in [-0.15, -0.1) is 0 Å². The van der Waals surface area contributed by atoms with Gasteiger partial charge in [-0.05, 0) is 17.7 Å². The van der Waals surface area contributed by atoms with Crippen LogP contribution in [-0.2, 0) is 4.33 Å². The van der Waals surface area contributed by atoms with Gasteiger partial charge in [-0.2, -0.15) is 0 Å². The van der Waals surface area contributed by atoms with E-state index >= 15 is 0 Å². The first-order valence-electron chi connectivity index (χ1n) is 5.29. The van der Waals surface area contributed by atoms with E-state index < -0.39 is 10.1 Å². The minimum atomic E-state index is -1.66. The number of phenolic OH excluding ortho intramolecular Hbond substituents is 1. The molecule has 0 spiro atoms. The van der Waals surface area contributed by atoms with Gasteiger partial charge in [-0.3, -0.25) is 4.79 Å². The van der Waals surface area contributed by atoms with Gasteiger partial charge in [0, 0.05) is 5.56 Å². The Labute approximate surface area is 115 Å². The molecule has 0 aliphatic heterocycles. The highest BCUT2D eigenvalue weighted by Gasteiger charge is 2.36. The summed E-state index contributed by atoms with van der Waals surface area (Å²) in [6, 6.07) is 14.5. The highest BCUT2D eigenvalue weighted by Crippen LogP contribution is 2.37. The number of hydrogen-bond donors (Lipinski definition) is 1. The van der Waals surface area contributed by atoms with Crippen LogP contribution in [0.2, 0.25) is 0 Å². The van der Waals surface area contributed by atoms with Crippen molar-refractivity contribution in [2.24, 2.45) is 0 Å². The lowest BCUT2D eigenvalue weighted by atomic mass is 10.0. The van der Waals surface area contributed by atoms with E-state index in [1.807, 2.05) is 6.07 Å². The van der Waals surface area contributed by atoms with Crippen LogP contribution in [-0.4, -0.2) is 10.9 Å². The second-order valence-electron chi connectivity index (χ2n) is 3.82.